The van der Waals surface area contributed by atoms with Crippen LogP contribution in [-0.4, -0.2) is 26.1 Å². The Bertz CT molecular complexity index is 464. The van der Waals surface area contributed by atoms with E-state index in [1.807, 2.05) is 0 Å². The largest absolute Gasteiger partial charge is 0.318 e. The van der Waals surface area contributed by atoms with Gasteiger partial charge >= 0.3 is 0 Å². The predicted molar refractivity (Wildman–Crippen MR) is 56.4 cm³/mol. The van der Waals surface area contributed by atoms with E-state index in [0.29, 0.717) is 11.5 Å². The van der Waals surface area contributed by atoms with E-state index in [2.05, 4.69) is 30.9 Å². The molecule has 0 spiro atoms. The van der Waals surface area contributed by atoms with Crippen LogP contribution in [0.25, 0.3) is 0 Å². The third-order valence-electron chi connectivity index (χ3n) is 1.79. The van der Waals surface area contributed by atoms with Gasteiger partial charge in [0.25, 0.3) is 5.91 Å². The molecule has 2 heterocycles. The SMILES string of the molecule is NNc1cnc(C(=O)Nc2cn[nH]c2)cn1. The van der Waals surface area contributed by atoms with Crippen molar-refractivity contribution < 1.29 is 4.79 Å². The van der Waals surface area contributed by atoms with Crippen LogP contribution in [0, 0.1) is 0 Å². The number of carbonyl (C=O) groups is 1. The summed E-state index contributed by atoms with van der Waals surface area (Å²) in [5, 5.41) is 8.86. The molecular formula is C8H9N7O. The Balaban J connectivity index is 2.09. The molecule has 0 aliphatic heterocycles. The minimum Gasteiger partial charge on any atom is -0.318 e. The van der Waals surface area contributed by atoms with E-state index < -0.39 is 0 Å². The lowest BCUT2D eigenvalue weighted by Gasteiger charge is -2.02. The van der Waals surface area contributed by atoms with Crippen LogP contribution < -0.4 is 16.6 Å². The molecule has 16 heavy (non-hydrogen) atoms. The molecule has 0 aliphatic rings. The maximum atomic E-state index is 11.6. The van der Waals surface area contributed by atoms with Gasteiger partial charge in [0, 0.05) is 6.20 Å². The molecule has 0 unspecified atom stereocenters. The first-order valence-electron chi connectivity index (χ1n) is 4.38. The number of carbonyl (C=O) groups excluding carboxylic acids is 1. The van der Waals surface area contributed by atoms with Crippen molar-refractivity contribution in [3.8, 4) is 0 Å². The highest BCUT2D eigenvalue weighted by atomic mass is 16.1. The first-order valence-corrected chi connectivity index (χ1v) is 4.38. The number of aromatic nitrogens is 4. The van der Waals surface area contributed by atoms with Crippen LogP contribution in [0.5, 0.6) is 0 Å². The molecule has 1 amide bonds. The molecule has 0 radical (unpaired) electrons. The highest BCUT2D eigenvalue weighted by Gasteiger charge is 2.08. The molecule has 82 valence electrons. The predicted octanol–water partition coefficient (Wildman–Crippen LogP) is -0.262. The van der Waals surface area contributed by atoms with Crippen molar-refractivity contribution in [3.63, 3.8) is 0 Å². The summed E-state index contributed by atoms with van der Waals surface area (Å²) in [5.74, 6) is 5.15. The molecule has 0 bridgehead atoms. The van der Waals surface area contributed by atoms with Crippen LogP contribution in [-0.2, 0) is 0 Å². The van der Waals surface area contributed by atoms with Gasteiger partial charge in [0.1, 0.15) is 5.69 Å². The number of rotatable bonds is 3. The summed E-state index contributed by atoms with van der Waals surface area (Å²) in [6.07, 6.45) is 5.73. The fraction of sp³-hybridized carbons (Fsp3) is 0. The third kappa shape index (κ3) is 2.12. The molecular weight excluding hydrogens is 210 g/mol. The fourth-order valence-electron chi connectivity index (χ4n) is 1.03. The van der Waals surface area contributed by atoms with E-state index in [9.17, 15) is 4.79 Å². The molecule has 2 aromatic heterocycles. The fourth-order valence-corrected chi connectivity index (χ4v) is 1.03. The lowest BCUT2D eigenvalue weighted by Crippen LogP contribution is -2.15. The lowest BCUT2D eigenvalue weighted by atomic mass is 10.4. The van der Waals surface area contributed by atoms with Crippen LogP contribution in [0.3, 0.4) is 0 Å². The molecule has 0 atom stereocenters. The zero-order valence-electron chi connectivity index (χ0n) is 8.14. The second-order valence-electron chi connectivity index (χ2n) is 2.87. The Morgan fingerprint density at radius 1 is 1.31 bits per heavy atom. The monoisotopic (exact) mass is 219 g/mol. The molecule has 0 aromatic carbocycles. The zero-order chi connectivity index (χ0) is 11.4. The van der Waals surface area contributed by atoms with Crippen molar-refractivity contribution in [2.45, 2.75) is 0 Å². The van der Waals surface area contributed by atoms with Crippen molar-refractivity contribution in [2.75, 3.05) is 10.7 Å². The number of amides is 1. The number of hydrazine groups is 1. The molecule has 2 aromatic rings. The molecule has 8 heteroatoms. The third-order valence-corrected chi connectivity index (χ3v) is 1.79. The summed E-state index contributed by atoms with van der Waals surface area (Å²) >= 11 is 0. The van der Waals surface area contributed by atoms with Gasteiger partial charge in [-0.25, -0.2) is 15.8 Å². The van der Waals surface area contributed by atoms with Crippen molar-refractivity contribution >= 4 is 17.4 Å². The van der Waals surface area contributed by atoms with Crippen LogP contribution >= 0.6 is 0 Å². The van der Waals surface area contributed by atoms with Crippen LogP contribution in [0.1, 0.15) is 10.5 Å². The van der Waals surface area contributed by atoms with E-state index in [0.717, 1.165) is 0 Å². The Hall–Kier alpha value is -2.48. The van der Waals surface area contributed by atoms with Gasteiger partial charge in [-0.1, -0.05) is 0 Å². The highest BCUT2D eigenvalue weighted by molar-refractivity contribution is 6.02. The summed E-state index contributed by atoms with van der Waals surface area (Å²) in [7, 11) is 0. The minimum absolute atomic E-state index is 0.195. The van der Waals surface area contributed by atoms with Crippen LogP contribution in [0.4, 0.5) is 11.5 Å². The average molecular weight is 219 g/mol. The molecule has 2 rings (SSSR count). The standard InChI is InChI=1S/C8H9N7O/c9-15-7-4-10-6(3-11-7)8(16)14-5-1-12-13-2-5/h1-4H,9H2,(H,11,15)(H,12,13)(H,14,16). The van der Waals surface area contributed by atoms with Crippen molar-refractivity contribution in [1.29, 1.82) is 0 Å². The number of nitrogen functional groups attached to an aromatic ring is 1. The van der Waals surface area contributed by atoms with Gasteiger partial charge in [-0.3, -0.25) is 9.89 Å². The van der Waals surface area contributed by atoms with E-state index in [1.165, 1.54) is 18.6 Å². The molecule has 0 saturated heterocycles. The van der Waals surface area contributed by atoms with Gasteiger partial charge in [-0.2, -0.15) is 5.10 Å². The number of nitrogens with two attached hydrogens (primary N) is 1. The van der Waals surface area contributed by atoms with Gasteiger partial charge < -0.3 is 10.7 Å². The summed E-state index contributed by atoms with van der Waals surface area (Å²) in [6, 6.07) is 0. The summed E-state index contributed by atoms with van der Waals surface area (Å²) in [4.78, 5) is 19.4. The van der Waals surface area contributed by atoms with Crippen LogP contribution in [0.15, 0.2) is 24.8 Å². The quantitative estimate of drug-likeness (QED) is 0.416. The van der Waals surface area contributed by atoms with Gasteiger partial charge in [-0.15, -0.1) is 0 Å². The normalized spacial score (nSPS) is 9.81. The Morgan fingerprint density at radius 3 is 2.75 bits per heavy atom. The number of hydrogen-bond donors (Lipinski definition) is 4. The zero-order valence-corrected chi connectivity index (χ0v) is 8.14. The second kappa shape index (κ2) is 4.36. The number of nitrogens with one attached hydrogen (secondary N) is 3. The smallest absolute Gasteiger partial charge is 0.275 e. The Kier molecular flexibility index (Phi) is 2.74. The highest BCUT2D eigenvalue weighted by Crippen LogP contribution is 2.05. The van der Waals surface area contributed by atoms with Gasteiger partial charge in [-0.05, 0) is 0 Å². The Morgan fingerprint density at radius 2 is 2.19 bits per heavy atom. The number of H-pyrrole nitrogens is 1. The number of hydrogen-bond acceptors (Lipinski definition) is 6. The van der Waals surface area contributed by atoms with Crippen molar-refractivity contribution in [2.24, 2.45) is 5.84 Å². The average Bonchev–Trinajstić information content (AvgIpc) is 2.82. The van der Waals surface area contributed by atoms with E-state index in [1.54, 1.807) is 6.20 Å². The first-order chi connectivity index (χ1) is 7.79. The number of aromatic amines is 1. The molecule has 5 N–H and O–H groups in total. The molecule has 0 fully saturated rings. The molecule has 0 saturated carbocycles. The lowest BCUT2D eigenvalue weighted by molar-refractivity contribution is 0.102. The summed E-state index contributed by atoms with van der Waals surface area (Å²) < 4.78 is 0. The maximum absolute atomic E-state index is 11.6. The van der Waals surface area contributed by atoms with Gasteiger partial charge in [0.2, 0.25) is 0 Å². The van der Waals surface area contributed by atoms with Crippen molar-refractivity contribution in [1.82, 2.24) is 20.2 Å². The van der Waals surface area contributed by atoms with Gasteiger partial charge in [0.15, 0.2) is 5.82 Å². The first kappa shape index (κ1) is 10.1. The summed E-state index contributed by atoms with van der Waals surface area (Å²) in [6.45, 7) is 0. The van der Waals surface area contributed by atoms with E-state index in [4.69, 9.17) is 5.84 Å². The van der Waals surface area contributed by atoms with E-state index >= 15 is 0 Å². The molecule has 8 nitrogen and oxygen atoms in total. The van der Waals surface area contributed by atoms with Gasteiger partial charge in [0.05, 0.1) is 24.3 Å². The topological polar surface area (TPSA) is 122 Å². The summed E-state index contributed by atoms with van der Waals surface area (Å²) in [5.41, 5.74) is 3.08. The van der Waals surface area contributed by atoms with Crippen LogP contribution in [0.2, 0.25) is 0 Å². The minimum atomic E-state index is -0.363. The number of nitrogens with zero attached hydrogens (tertiary/aromatic N) is 3. The molecule has 0 aliphatic carbocycles. The second-order valence-corrected chi connectivity index (χ2v) is 2.87. The maximum Gasteiger partial charge on any atom is 0.275 e. The number of anilines is 2. The van der Waals surface area contributed by atoms with E-state index in [-0.39, 0.29) is 11.6 Å². The van der Waals surface area contributed by atoms with Crippen molar-refractivity contribution in [3.05, 3.63) is 30.5 Å². The Labute approximate surface area is 90.3 Å².